The normalized spacial score (nSPS) is 13.9. The van der Waals surface area contributed by atoms with Crippen LogP contribution < -0.4 is 5.32 Å². The summed E-state index contributed by atoms with van der Waals surface area (Å²) in [4.78, 5) is 22.6. The zero-order valence-electron chi connectivity index (χ0n) is 11.2. The van der Waals surface area contributed by atoms with Gasteiger partial charge < -0.3 is 10.4 Å². The van der Waals surface area contributed by atoms with Gasteiger partial charge in [0.1, 0.15) is 6.54 Å². The molecule has 0 spiro atoms. The Balaban J connectivity index is 1.63. The van der Waals surface area contributed by atoms with Crippen LogP contribution in [-0.4, -0.2) is 38.0 Å². The number of fused-ring (bicyclic) bond motifs is 1. The molecule has 0 saturated heterocycles. The summed E-state index contributed by atoms with van der Waals surface area (Å²) in [7, 11) is 0. The zero-order valence-corrected chi connectivity index (χ0v) is 11.2. The highest BCUT2D eigenvalue weighted by atomic mass is 16.4. The fourth-order valence-corrected chi connectivity index (χ4v) is 2.54. The van der Waals surface area contributed by atoms with Gasteiger partial charge in [-0.15, -0.1) is 5.10 Å². The second kappa shape index (κ2) is 5.35. The molecular weight excluding hydrogens is 272 g/mol. The van der Waals surface area contributed by atoms with Crippen molar-refractivity contribution in [3.8, 4) is 0 Å². The third kappa shape index (κ3) is 2.91. The van der Waals surface area contributed by atoms with Gasteiger partial charge in [-0.05, 0) is 24.0 Å². The van der Waals surface area contributed by atoms with Crippen molar-refractivity contribution in [1.82, 2.24) is 20.3 Å². The van der Waals surface area contributed by atoms with Gasteiger partial charge in [-0.3, -0.25) is 9.59 Å². The van der Waals surface area contributed by atoms with Crippen molar-refractivity contribution in [1.29, 1.82) is 0 Å². The Bertz CT molecular complexity index is 670. The van der Waals surface area contributed by atoms with Crippen LogP contribution in [0, 0.1) is 0 Å². The number of nitrogens with one attached hydrogen (secondary N) is 1. The molecule has 0 unspecified atom stereocenters. The predicted octanol–water partition coefficient (Wildman–Crippen LogP) is 0.260. The average molecular weight is 286 g/mol. The van der Waals surface area contributed by atoms with Crippen LogP contribution >= 0.6 is 0 Å². The first-order chi connectivity index (χ1) is 10.1. The van der Waals surface area contributed by atoms with E-state index in [-0.39, 0.29) is 24.2 Å². The molecule has 1 aliphatic rings. The Morgan fingerprint density at radius 2 is 1.95 bits per heavy atom. The fourth-order valence-electron chi connectivity index (χ4n) is 2.54. The van der Waals surface area contributed by atoms with Crippen LogP contribution in [0.4, 0.5) is 0 Å². The number of rotatable bonds is 4. The molecule has 0 saturated carbocycles. The molecule has 0 aliphatic heterocycles. The Morgan fingerprint density at radius 1 is 1.29 bits per heavy atom. The molecule has 1 heterocycles. The van der Waals surface area contributed by atoms with Crippen molar-refractivity contribution in [2.24, 2.45) is 0 Å². The van der Waals surface area contributed by atoms with E-state index in [1.54, 1.807) is 0 Å². The SMILES string of the molecule is O=C(O)Cn1cc(C(=O)NC2Cc3ccccc3C2)nn1. The maximum Gasteiger partial charge on any atom is 0.325 e. The highest BCUT2D eigenvalue weighted by Gasteiger charge is 2.23. The Morgan fingerprint density at radius 3 is 2.57 bits per heavy atom. The van der Waals surface area contributed by atoms with Crippen molar-refractivity contribution in [2.45, 2.75) is 25.4 Å². The quantitative estimate of drug-likeness (QED) is 0.840. The summed E-state index contributed by atoms with van der Waals surface area (Å²) in [6.07, 6.45) is 2.93. The lowest BCUT2D eigenvalue weighted by Crippen LogP contribution is -2.35. The Kier molecular flexibility index (Phi) is 3.39. The van der Waals surface area contributed by atoms with Crippen LogP contribution in [0.3, 0.4) is 0 Å². The molecule has 7 heteroatoms. The van der Waals surface area contributed by atoms with Gasteiger partial charge in [0.2, 0.25) is 0 Å². The molecule has 108 valence electrons. The van der Waals surface area contributed by atoms with E-state index in [0.717, 1.165) is 17.5 Å². The minimum atomic E-state index is -1.03. The van der Waals surface area contributed by atoms with E-state index in [0.29, 0.717) is 0 Å². The van der Waals surface area contributed by atoms with Gasteiger partial charge in [0.15, 0.2) is 5.69 Å². The standard InChI is InChI=1S/C14H14N4O3/c19-13(20)8-18-7-12(16-17-18)14(21)15-11-5-9-3-1-2-4-10(9)6-11/h1-4,7,11H,5-6,8H2,(H,15,21)(H,19,20). The van der Waals surface area contributed by atoms with Gasteiger partial charge in [-0.1, -0.05) is 29.5 Å². The summed E-state index contributed by atoms with van der Waals surface area (Å²) in [5, 5.41) is 18.9. The molecule has 2 N–H and O–H groups in total. The smallest absolute Gasteiger partial charge is 0.325 e. The van der Waals surface area contributed by atoms with E-state index >= 15 is 0 Å². The van der Waals surface area contributed by atoms with Crippen LogP contribution in [0.1, 0.15) is 21.6 Å². The molecule has 0 fully saturated rings. The van der Waals surface area contributed by atoms with Gasteiger partial charge in [-0.25, -0.2) is 4.68 Å². The van der Waals surface area contributed by atoms with Crippen LogP contribution in [0.2, 0.25) is 0 Å². The Labute approximate surface area is 120 Å². The molecule has 0 bridgehead atoms. The monoisotopic (exact) mass is 286 g/mol. The number of carboxylic acids is 1. The predicted molar refractivity (Wildman–Crippen MR) is 72.8 cm³/mol. The van der Waals surface area contributed by atoms with E-state index in [1.165, 1.54) is 17.3 Å². The maximum atomic E-state index is 12.1. The third-order valence-corrected chi connectivity index (χ3v) is 3.45. The van der Waals surface area contributed by atoms with Crippen LogP contribution in [0.5, 0.6) is 0 Å². The summed E-state index contributed by atoms with van der Waals surface area (Å²) in [6.45, 7) is -0.310. The maximum absolute atomic E-state index is 12.1. The van der Waals surface area contributed by atoms with E-state index in [2.05, 4.69) is 27.8 Å². The number of carboxylic acid groups (broad SMARTS) is 1. The number of hydrogen-bond donors (Lipinski definition) is 2. The highest BCUT2D eigenvalue weighted by Crippen LogP contribution is 2.21. The summed E-state index contributed by atoms with van der Waals surface area (Å²) in [5.41, 5.74) is 2.63. The van der Waals surface area contributed by atoms with E-state index in [4.69, 9.17) is 5.11 Å². The number of benzene rings is 1. The molecular formula is C14H14N4O3. The number of carbonyl (C=O) groups is 2. The Hall–Kier alpha value is -2.70. The summed E-state index contributed by atoms with van der Waals surface area (Å²) in [5.74, 6) is -1.36. The number of hydrogen-bond acceptors (Lipinski definition) is 4. The first-order valence-corrected chi connectivity index (χ1v) is 6.61. The molecule has 21 heavy (non-hydrogen) atoms. The minimum Gasteiger partial charge on any atom is -0.480 e. The number of aromatic nitrogens is 3. The van der Waals surface area contributed by atoms with Gasteiger partial charge in [0.05, 0.1) is 6.20 Å². The largest absolute Gasteiger partial charge is 0.480 e. The lowest BCUT2D eigenvalue weighted by Gasteiger charge is -2.10. The van der Waals surface area contributed by atoms with Gasteiger partial charge in [-0.2, -0.15) is 0 Å². The fraction of sp³-hybridized carbons (Fsp3) is 0.286. The molecule has 1 aromatic heterocycles. The molecule has 0 atom stereocenters. The number of carbonyl (C=O) groups excluding carboxylic acids is 1. The number of amides is 1. The molecule has 0 radical (unpaired) electrons. The average Bonchev–Trinajstić information content (AvgIpc) is 3.03. The molecule has 7 nitrogen and oxygen atoms in total. The van der Waals surface area contributed by atoms with Crippen molar-refractivity contribution >= 4 is 11.9 Å². The molecule has 2 aromatic rings. The summed E-state index contributed by atoms with van der Waals surface area (Å²) < 4.78 is 1.13. The minimum absolute atomic E-state index is 0.0412. The highest BCUT2D eigenvalue weighted by molar-refractivity contribution is 5.92. The molecule has 3 rings (SSSR count). The second-order valence-electron chi connectivity index (χ2n) is 5.04. The van der Waals surface area contributed by atoms with Crippen molar-refractivity contribution in [3.63, 3.8) is 0 Å². The second-order valence-corrected chi connectivity index (χ2v) is 5.04. The van der Waals surface area contributed by atoms with Crippen molar-refractivity contribution < 1.29 is 14.7 Å². The van der Waals surface area contributed by atoms with Gasteiger partial charge in [0.25, 0.3) is 5.91 Å². The molecule has 1 aromatic carbocycles. The molecule has 1 amide bonds. The third-order valence-electron chi connectivity index (χ3n) is 3.45. The van der Waals surface area contributed by atoms with Crippen LogP contribution in [-0.2, 0) is 24.2 Å². The van der Waals surface area contributed by atoms with E-state index in [1.807, 2.05) is 12.1 Å². The molecule has 1 aliphatic carbocycles. The van der Waals surface area contributed by atoms with E-state index < -0.39 is 5.97 Å². The summed E-state index contributed by atoms with van der Waals surface area (Å²) in [6, 6.07) is 8.13. The van der Waals surface area contributed by atoms with Crippen LogP contribution in [0.25, 0.3) is 0 Å². The number of nitrogens with zero attached hydrogens (tertiary/aromatic N) is 3. The number of aliphatic carboxylic acids is 1. The lowest BCUT2D eigenvalue weighted by atomic mass is 10.1. The summed E-state index contributed by atoms with van der Waals surface area (Å²) >= 11 is 0. The van der Waals surface area contributed by atoms with Crippen molar-refractivity contribution in [2.75, 3.05) is 0 Å². The van der Waals surface area contributed by atoms with Gasteiger partial charge in [0, 0.05) is 6.04 Å². The van der Waals surface area contributed by atoms with Gasteiger partial charge >= 0.3 is 5.97 Å². The van der Waals surface area contributed by atoms with Crippen LogP contribution in [0.15, 0.2) is 30.5 Å². The first-order valence-electron chi connectivity index (χ1n) is 6.61. The lowest BCUT2D eigenvalue weighted by molar-refractivity contribution is -0.137. The first kappa shape index (κ1) is 13.3. The van der Waals surface area contributed by atoms with Crippen molar-refractivity contribution in [3.05, 3.63) is 47.3 Å². The topological polar surface area (TPSA) is 97.1 Å². The zero-order chi connectivity index (χ0) is 14.8. The van der Waals surface area contributed by atoms with E-state index in [9.17, 15) is 9.59 Å².